The number of thiol groups is 1. The number of nitrogens with zero attached hydrogens (tertiary/aromatic N) is 4. The predicted molar refractivity (Wildman–Crippen MR) is 136 cm³/mol. The average molecular weight is 516 g/mol. The van der Waals surface area contributed by atoms with Crippen molar-refractivity contribution in [1.82, 2.24) is 20.0 Å². The van der Waals surface area contributed by atoms with Gasteiger partial charge in [-0.3, -0.25) is 24.2 Å². The van der Waals surface area contributed by atoms with Crippen LogP contribution >= 0.6 is 0 Å². The van der Waals surface area contributed by atoms with Crippen molar-refractivity contribution < 1.29 is 18.5 Å². The molecule has 4 N–H and O–H groups in total. The summed E-state index contributed by atoms with van der Waals surface area (Å²) in [4.78, 5) is 25.1. The Labute approximate surface area is 210 Å². The van der Waals surface area contributed by atoms with Gasteiger partial charge < -0.3 is 10.4 Å². The number of amidine groups is 1. The van der Waals surface area contributed by atoms with Gasteiger partial charge in [0.2, 0.25) is 0 Å². The number of fused-ring (bicyclic) bond motifs is 1. The van der Waals surface area contributed by atoms with Gasteiger partial charge in [0.25, 0.3) is 0 Å². The lowest BCUT2D eigenvalue weighted by Gasteiger charge is -2.56. The van der Waals surface area contributed by atoms with Crippen LogP contribution in [0.2, 0.25) is 0 Å². The number of aryl methyl sites for hydroxylation is 1. The highest BCUT2D eigenvalue weighted by Gasteiger charge is 2.58. The number of aromatic nitrogens is 2. The third-order valence-electron chi connectivity index (χ3n) is 7.15. The molecule has 0 radical (unpaired) electrons. The molecule has 4 heterocycles. The number of aliphatic imine (C=N–C) groups is 1. The zero-order chi connectivity index (χ0) is 26.3. The number of anilines is 1. The summed E-state index contributed by atoms with van der Waals surface area (Å²) in [7, 11) is -3.30. The third-order valence-corrected chi connectivity index (χ3v) is 11.4. The van der Waals surface area contributed by atoms with E-state index in [2.05, 4.69) is 31.4 Å². The molecule has 0 saturated carbocycles. The van der Waals surface area contributed by atoms with Crippen molar-refractivity contribution in [2.24, 2.45) is 4.99 Å². The number of hydrogen-bond donors (Lipinski definition) is 5. The smallest absolute Gasteiger partial charge is 0.410 e. The Kier molecular flexibility index (Phi) is 6.57. The van der Waals surface area contributed by atoms with E-state index in [0.717, 1.165) is 12.0 Å². The Morgan fingerprint density at radius 3 is 2.81 bits per heavy atom. The topological polar surface area (TPSA) is 152 Å². The first-order valence-corrected chi connectivity index (χ1v) is 13.4. The Morgan fingerprint density at radius 1 is 1.39 bits per heavy atom. The number of amides is 1. The van der Waals surface area contributed by atoms with Crippen LogP contribution < -0.4 is 15.4 Å². The van der Waals surface area contributed by atoms with E-state index in [1.165, 1.54) is 18.3 Å². The van der Waals surface area contributed by atoms with Crippen molar-refractivity contribution >= 4 is 27.9 Å². The van der Waals surface area contributed by atoms with E-state index in [1.54, 1.807) is 26.8 Å². The molecule has 2 aliphatic rings. The van der Waals surface area contributed by atoms with Crippen molar-refractivity contribution in [2.45, 2.75) is 62.6 Å². The van der Waals surface area contributed by atoms with Gasteiger partial charge in [-0.15, -0.1) is 0 Å². The van der Waals surface area contributed by atoms with Crippen LogP contribution in [0.15, 0.2) is 29.4 Å². The summed E-state index contributed by atoms with van der Waals surface area (Å²) in [5.74, 6) is -0.237. The van der Waals surface area contributed by atoms with E-state index < -0.39 is 37.6 Å². The molecule has 0 aromatic carbocycles. The van der Waals surface area contributed by atoms with E-state index in [1.807, 2.05) is 6.92 Å². The maximum atomic E-state index is 15.3. The van der Waals surface area contributed by atoms with Crippen LogP contribution in [0.1, 0.15) is 56.1 Å². The molecule has 2 atom stereocenters. The summed E-state index contributed by atoms with van der Waals surface area (Å²) in [6.45, 7) is 7.71. The third kappa shape index (κ3) is 4.22. The van der Waals surface area contributed by atoms with Crippen molar-refractivity contribution in [3.63, 3.8) is 0 Å². The summed E-state index contributed by atoms with van der Waals surface area (Å²) in [6.07, 6.45) is 1.40. The zero-order valence-electron chi connectivity index (χ0n) is 20.6. The molecule has 1 amide bonds. The minimum Gasteiger partial charge on any atom is -0.465 e. The van der Waals surface area contributed by atoms with Crippen molar-refractivity contribution in [1.29, 1.82) is 5.26 Å². The van der Waals surface area contributed by atoms with Crippen molar-refractivity contribution in [3.8, 4) is 6.07 Å². The quantitative estimate of drug-likeness (QED) is 0.393. The van der Waals surface area contributed by atoms with Crippen LogP contribution in [0.4, 0.5) is 15.0 Å². The molecule has 1 saturated heterocycles. The molecule has 12 heteroatoms. The minimum atomic E-state index is -3.30. The predicted octanol–water partition coefficient (Wildman–Crippen LogP) is 2.77. The first-order valence-electron chi connectivity index (χ1n) is 11.6. The lowest BCUT2D eigenvalue weighted by molar-refractivity contribution is 0.199. The monoisotopic (exact) mass is 515 g/mol. The van der Waals surface area contributed by atoms with Crippen LogP contribution in [0.5, 0.6) is 0 Å². The molecular formula is C24H30FN7O3S. The minimum absolute atomic E-state index is 0.00822. The number of carboxylic acid groups (broad SMARTS) is 1. The van der Waals surface area contributed by atoms with Gasteiger partial charge >= 0.3 is 6.09 Å². The highest BCUT2D eigenvalue weighted by Crippen LogP contribution is 2.48. The standard InChI is InChI=1S/C24H30FN7O3S/c1-14-10-15(11-26)12-27-17(14)13-28-19-8-7-16(25)20(30-19)24(4)18-6-5-9-29-36(18,35)23(2,3)21(32-24)31-22(33)34/h7-8,10,12,18,36H,5-6,9,13H2,1-4H3,(H,28,30)(H,29,35)(H,31,32)(H,33,34)/t18-,24+/m1/s1. The second-order valence-corrected chi connectivity index (χ2v) is 13.2. The SMILES string of the molecule is Cc1cc(C#N)cnc1CNc1ccc(F)c([C@@]2(C)N=C(NC(=O)O)C(C)(C)[SH]3(=O)NCCC[C@H]23)n1. The largest absolute Gasteiger partial charge is 0.465 e. The van der Waals surface area contributed by atoms with Gasteiger partial charge in [-0.05, 0) is 74.4 Å². The fourth-order valence-corrected chi connectivity index (χ4v) is 8.81. The van der Waals surface area contributed by atoms with Gasteiger partial charge in [0.05, 0.1) is 27.8 Å². The maximum absolute atomic E-state index is 15.3. The Morgan fingerprint density at radius 2 is 2.14 bits per heavy atom. The number of halogens is 1. The van der Waals surface area contributed by atoms with Gasteiger partial charge in [0.15, 0.2) is 0 Å². The number of hydrogen-bond acceptors (Lipinski definition) is 7. The lowest BCUT2D eigenvalue weighted by Crippen LogP contribution is -2.70. The molecule has 36 heavy (non-hydrogen) atoms. The zero-order valence-corrected chi connectivity index (χ0v) is 21.5. The molecule has 192 valence electrons. The first-order chi connectivity index (χ1) is 16.9. The summed E-state index contributed by atoms with van der Waals surface area (Å²) >= 11 is 0. The number of nitriles is 1. The molecule has 1 fully saturated rings. The molecule has 0 aliphatic carbocycles. The van der Waals surface area contributed by atoms with Gasteiger partial charge in [-0.25, -0.2) is 14.2 Å². The second kappa shape index (κ2) is 9.22. The number of nitrogens with one attached hydrogen (secondary N) is 3. The van der Waals surface area contributed by atoms with Gasteiger partial charge in [0.1, 0.15) is 34.8 Å². The fourth-order valence-electron chi connectivity index (χ4n) is 5.07. The van der Waals surface area contributed by atoms with E-state index in [9.17, 15) is 14.1 Å². The first kappa shape index (κ1) is 25.7. The van der Waals surface area contributed by atoms with E-state index in [4.69, 9.17) is 10.3 Å². The molecule has 0 unspecified atom stereocenters. The normalized spacial score (nSPS) is 25.0. The molecular weight excluding hydrogens is 485 g/mol. The van der Waals surface area contributed by atoms with Crippen LogP contribution in [-0.2, 0) is 22.2 Å². The van der Waals surface area contributed by atoms with Gasteiger partial charge in [-0.2, -0.15) is 5.26 Å². The van der Waals surface area contributed by atoms with Crippen LogP contribution in [0.25, 0.3) is 0 Å². The fraction of sp³-hybridized carbons (Fsp3) is 0.458. The highest BCUT2D eigenvalue weighted by atomic mass is 32.3. The Hall–Kier alpha value is -3.43. The van der Waals surface area contributed by atoms with E-state index >= 15 is 4.39 Å². The average Bonchev–Trinajstić information content (AvgIpc) is 2.82. The van der Waals surface area contributed by atoms with Gasteiger partial charge in [0, 0.05) is 12.7 Å². The number of rotatable bonds is 4. The molecule has 0 bridgehead atoms. The van der Waals surface area contributed by atoms with Crippen LogP contribution in [0, 0.1) is 24.1 Å². The van der Waals surface area contributed by atoms with Crippen LogP contribution in [0.3, 0.4) is 0 Å². The molecule has 2 aliphatic heterocycles. The summed E-state index contributed by atoms with van der Waals surface area (Å²) in [5, 5.41) is 23.3. The molecule has 2 aromatic heterocycles. The molecule has 10 nitrogen and oxygen atoms in total. The maximum Gasteiger partial charge on any atom is 0.410 e. The highest BCUT2D eigenvalue weighted by molar-refractivity contribution is 8.04. The van der Waals surface area contributed by atoms with Crippen LogP contribution in [-0.4, -0.2) is 47.8 Å². The lowest BCUT2D eigenvalue weighted by atomic mass is 9.88. The summed E-state index contributed by atoms with van der Waals surface area (Å²) in [6, 6.07) is 6.55. The molecule has 2 aromatic rings. The number of carbonyl (C=O) groups is 1. The van der Waals surface area contributed by atoms with E-state index in [0.29, 0.717) is 30.0 Å². The second-order valence-electron chi connectivity index (χ2n) is 9.80. The van der Waals surface area contributed by atoms with E-state index in [-0.39, 0.29) is 18.1 Å². The van der Waals surface area contributed by atoms with Crippen molar-refractivity contribution in [2.75, 3.05) is 11.9 Å². The van der Waals surface area contributed by atoms with Crippen molar-refractivity contribution in [3.05, 3.63) is 52.7 Å². The summed E-state index contributed by atoms with van der Waals surface area (Å²) in [5.41, 5.74) is 0.611. The molecule has 4 rings (SSSR count). The number of pyridine rings is 2. The summed E-state index contributed by atoms with van der Waals surface area (Å²) < 4.78 is 31.8. The Balaban J connectivity index is 1.76. The Bertz CT molecular complexity index is 1340. The van der Waals surface area contributed by atoms with Gasteiger partial charge in [-0.1, -0.05) is 0 Å². The molecule has 0 spiro atoms.